The molecular formula is C22H22ClF3N4O5S. The van der Waals surface area contributed by atoms with Crippen LogP contribution in [0.25, 0.3) is 11.0 Å². The fraction of sp³-hybridized carbons (Fsp3) is 0.409. The van der Waals surface area contributed by atoms with Gasteiger partial charge in [-0.25, -0.2) is 31.6 Å². The van der Waals surface area contributed by atoms with Gasteiger partial charge in [-0.15, -0.1) is 0 Å². The number of hydrogen-bond donors (Lipinski definition) is 1. The maximum Gasteiger partial charge on any atom is 0.287 e. The van der Waals surface area contributed by atoms with Crippen LogP contribution in [0.1, 0.15) is 30.4 Å². The van der Waals surface area contributed by atoms with E-state index in [0.717, 1.165) is 6.07 Å². The number of fused-ring (bicyclic) bond motifs is 1. The number of benzene rings is 1. The van der Waals surface area contributed by atoms with Crippen molar-refractivity contribution < 1.29 is 35.9 Å². The second-order valence-corrected chi connectivity index (χ2v) is 11.4. The van der Waals surface area contributed by atoms with Gasteiger partial charge in [0.25, 0.3) is 18.2 Å². The summed E-state index contributed by atoms with van der Waals surface area (Å²) in [6, 6.07) is 3.66. The Kier molecular flexibility index (Phi) is 7.06. The smallest absolute Gasteiger partial charge is 0.287 e. The summed E-state index contributed by atoms with van der Waals surface area (Å²) in [5, 5.41) is 2.94. The number of nitrogens with zero attached hydrogens (tertiary/aromatic N) is 3. The van der Waals surface area contributed by atoms with Gasteiger partial charge in [-0.05, 0) is 19.8 Å². The number of carbonyl (C=O) groups excluding carboxylic acids is 1. The molecule has 1 fully saturated rings. The first kappa shape index (κ1) is 26.0. The molecule has 1 aromatic carbocycles. The lowest BCUT2D eigenvalue weighted by molar-refractivity contribution is 0.0804. The van der Waals surface area contributed by atoms with Crippen molar-refractivity contribution in [2.75, 3.05) is 18.1 Å². The number of aryl methyl sites for hydroxylation is 1. The molecule has 3 heterocycles. The molecule has 1 aliphatic heterocycles. The monoisotopic (exact) mass is 546 g/mol. The molecule has 2 aromatic heterocycles. The van der Waals surface area contributed by atoms with Crippen molar-refractivity contribution in [2.45, 2.75) is 31.7 Å². The van der Waals surface area contributed by atoms with Crippen molar-refractivity contribution in [3.8, 4) is 17.4 Å². The molecule has 14 heteroatoms. The number of nitrogens with one attached hydrogen (secondary N) is 1. The second-order valence-electron chi connectivity index (χ2n) is 8.69. The van der Waals surface area contributed by atoms with Crippen LogP contribution in [-0.4, -0.2) is 58.9 Å². The van der Waals surface area contributed by atoms with Crippen LogP contribution >= 0.6 is 11.6 Å². The number of imidazole rings is 1. The normalized spacial score (nSPS) is 16.8. The molecule has 1 N–H and O–H groups in total. The Hall–Kier alpha value is -3.06. The van der Waals surface area contributed by atoms with Crippen LogP contribution in [0, 0.1) is 5.82 Å². The van der Waals surface area contributed by atoms with Gasteiger partial charge in [0, 0.05) is 37.0 Å². The topological polar surface area (TPSA) is 112 Å². The summed E-state index contributed by atoms with van der Waals surface area (Å²) in [5.41, 5.74) is -0.623. The lowest BCUT2D eigenvalue weighted by Crippen LogP contribution is -2.51. The Labute approximate surface area is 209 Å². The molecule has 0 atom stereocenters. The Bertz CT molecular complexity index is 1420. The zero-order valence-electron chi connectivity index (χ0n) is 19.2. The van der Waals surface area contributed by atoms with E-state index in [4.69, 9.17) is 21.1 Å². The highest BCUT2D eigenvalue weighted by Crippen LogP contribution is 2.34. The summed E-state index contributed by atoms with van der Waals surface area (Å²) in [4.78, 5) is 21.0. The minimum absolute atomic E-state index is 0.0383. The fourth-order valence-corrected chi connectivity index (χ4v) is 5.66. The van der Waals surface area contributed by atoms with Crippen LogP contribution < -0.4 is 14.8 Å². The first-order chi connectivity index (χ1) is 16.9. The summed E-state index contributed by atoms with van der Waals surface area (Å²) in [6.07, 6.45) is -1.03. The SMILES string of the molecule is Cn1c(C(=O)NC2(C)CCS(=O)(=O)CC2)nc2c(F)cc(Oc3ncc(Cl)cc3OCC(F)F)cc21. The molecule has 0 radical (unpaired) electrons. The van der Waals surface area contributed by atoms with Gasteiger partial charge in [0.05, 0.1) is 22.0 Å². The molecule has 0 unspecified atom stereocenters. The molecule has 0 bridgehead atoms. The lowest BCUT2D eigenvalue weighted by Gasteiger charge is -2.34. The standard InChI is InChI=1S/C22H22ClF3N4O5S/c1-22(3-5-36(32,33)6-4-22)29-20(31)19-28-18-14(24)8-13(9-15(18)30(19)2)35-21-16(34-11-17(25)26)7-12(23)10-27-21/h7-10,17H,3-6,11H2,1-2H3,(H,29,31). The Morgan fingerprint density at radius 2 is 1.97 bits per heavy atom. The van der Waals surface area contributed by atoms with Gasteiger partial charge >= 0.3 is 0 Å². The number of alkyl halides is 2. The van der Waals surface area contributed by atoms with E-state index in [2.05, 4.69) is 15.3 Å². The number of sulfone groups is 1. The van der Waals surface area contributed by atoms with Gasteiger partial charge < -0.3 is 19.4 Å². The van der Waals surface area contributed by atoms with Crippen molar-refractivity contribution in [1.82, 2.24) is 19.9 Å². The largest absolute Gasteiger partial charge is 0.482 e. The molecule has 36 heavy (non-hydrogen) atoms. The van der Waals surface area contributed by atoms with Crippen molar-refractivity contribution in [3.63, 3.8) is 0 Å². The number of pyridine rings is 1. The average molecular weight is 547 g/mol. The highest BCUT2D eigenvalue weighted by Gasteiger charge is 2.35. The van der Waals surface area contributed by atoms with E-state index in [9.17, 15) is 26.4 Å². The van der Waals surface area contributed by atoms with Crippen LogP contribution in [-0.2, 0) is 16.9 Å². The maximum absolute atomic E-state index is 14.9. The molecule has 194 valence electrons. The van der Waals surface area contributed by atoms with Crippen molar-refractivity contribution >= 4 is 38.4 Å². The van der Waals surface area contributed by atoms with Gasteiger partial charge in [0.15, 0.2) is 17.4 Å². The minimum atomic E-state index is -3.13. The van der Waals surface area contributed by atoms with Gasteiger partial charge in [-0.1, -0.05) is 11.6 Å². The van der Waals surface area contributed by atoms with Gasteiger partial charge in [0.2, 0.25) is 0 Å². The Balaban J connectivity index is 1.60. The van der Waals surface area contributed by atoms with Crippen LogP contribution in [0.3, 0.4) is 0 Å². The number of hydrogen-bond acceptors (Lipinski definition) is 7. The molecule has 1 amide bonds. The Morgan fingerprint density at radius 3 is 2.64 bits per heavy atom. The molecule has 0 saturated carbocycles. The summed E-state index contributed by atoms with van der Waals surface area (Å²) >= 11 is 5.86. The van der Waals surface area contributed by atoms with Crippen LogP contribution in [0.2, 0.25) is 5.02 Å². The Morgan fingerprint density at radius 1 is 1.28 bits per heavy atom. The molecule has 1 saturated heterocycles. The number of halogens is 4. The predicted octanol–water partition coefficient (Wildman–Crippen LogP) is 3.89. The van der Waals surface area contributed by atoms with E-state index in [0.29, 0.717) is 0 Å². The highest BCUT2D eigenvalue weighted by molar-refractivity contribution is 7.91. The molecular weight excluding hydrogens is 525 g/mol. The quantitative estimate of drug-likeness (QED) is 0.478. The van der Waals surface area contributed by atoms with E-state index >= 15 is 0 Å². The number of ether oxygens (including phenoxy) is 2. The summed E-state index contributed by atoms with van der Waals surface area (Å²) in [5.74, 6) is -1.95. The number of rotatable bonds is 7. The van der Waals surface area contributed by atoms with E-state index < -0.39 is 40.1 Å². The zero-order valence-corrected chi connectivity index (χ0v) is 20.8. The minimum Gasteiger partial charge on any atom is -0.482 e. The van der Waals surface area contributed by atoms with Crippen molar-refractivity contribution in [2.24, 2.45) is 7.05 Å². The molecule has 1 aliphatic rings. The first-order valence-corrected chi connectivity index (χ1v) is 13.0. The van der Waals surface area contributed by atoms with Gasteiger partial charge in [0.1, 0.15) is 27.7 Å². The maximum atomic E-state index is 14.9. The number of aromatic nitrogens is 3. The van der Waals surface area contributed by atoms with Crippen LogP contribution in [0.15, 0.2) is 24.4 Å². The van der Waals surface area contributed by atoms with E-state index in [1.165, 1.54) is 29.9 Å². The van der Waals surface area contributed by atoms with E-state index in [-0.39, 0.29) is 63.6 Å². The third kappa shape index (κ3) is 5.67. The fourth-order valence-electron chi connectivity index (χ4n) is 3.78. The third-order valence-electron chi connectivity index (χ3n) is 5.83. The molecule has 0 aliphatic carbocycles. The summed E-state index contributed by atoms with van der Waals surface area (Å²) in [7, 11) is -1.61. The summed E-state index contributed by atoms with van der Waals surface area (Å²) in [6.45, 7) is 0.832. The highest BCUT2D eigenvalue weighted by atomic mass is 35.5. The number of amides is 1. The van der Waals surface area contributed by atoms with Crippen molar-refractivity contribution in [3.05, 3.63) is 41.1 Å². The van der Waals surface area contributed by atoms with E-state index in [1.807, 2.05) is 0 Å². The molecule has 3 aromatic rings. The van der Waals surface area contributed by atoms with E-state index in [1.54, 1.807) is 6.92 Å². The van der Waals surface area contributed by atoms with Gasteiger partial charge in [-0.2, -0.15) is 0 Å². The first-order valence-electron chi connectivity index (χ1n) is 10.8. The third-order valence-corrected chi connectivity index (χ3v) is 7.68. The number of carbonyl (C=O) groups is 1. The second kappa shape index (κ2) is 9.77. The lowest BCUT2D eigenvalue weighted by atomic mass is 9.95. The molecule has 9 nitrogen and oxygen atoms in total. The average Bonchev–Trinajstić information content (AvgIpc) is 3.13. The van der Waals surface area contributed by atoms with Crippen molar-refractivity contribution in [1.29, 1.82) is 0 Å². The zero-order chi connectivity index (χ0) is 26.3. The summed E-state index contributed by atoms with van der Waals surface area (Å²) < 4.78 is 75.5. The van der Waals surface area contributed by atoms with Crippen LogP contribution in [0.5, 0.6) is 17.4 Å². The molecule has 4 rings (SSSR count). The van der Waals surface area contributed by atoms with Gasteiger partial charge in [-0.3, -0.25) is 4.79 Å². The van der Waals surface area contributed by atoms with Crippen LogP contribution in [0.4, 0.5) is 13.2 Å². The molecule has 0 spiro atoms. The predicted molar refractivity (Wildman–Crippen MR) is 125 cm³/mol.